The van der Waals surface area contributed by atoms with Crippen LogP contribution in [0.2, 0.25) is 0 Å². The van der Waals surface area contributed by atoms with Gasteiger partial charge in [0.15, 0.2) is 0 Å². The molecule has 3 rings (SSSR count). The predicted molar refractivity (Wildman–Crippen MR) is 130 cm³/mol. The van der Waals surface area contributed by atoms with Gasteiger partial charge >= 0.3 is 0 Å². The lowest BCUT2D eigenvalue weighted by Gasteiger charge is -2.18. The molecule has 0 saturated carbocycles. The summed E-state index contributed by atoms with van der Waals surface area (Å²) < 4.78 is 28.9. The van der Waals surface area contributed by atoms with E-state index in [0.29, 0.717) is 16.8 Å². The average molecular weight is 451 g/mol. The van der Waals surface area contributed by atoms with Crippen molar-refractivity contribution in [3.8, 4) is 0 Å². The minimum Gasteiger partial charge on any atom is -0.346 e. The van der Waals surface area contributed by atoms with E-state index in [1.165, 1.54) is 6.07 Å². The summed E-state index contributed by atoms with van der Waals surface area (Å²) in [5.74, 6) is -0.319. The minimum atomic E-state index is -3.86. The second-order valence-electron chi connectivity index (χ2n) is 8.46. The first-order valence-electron chi connectivity index (χ1n) is 10.6. The topological polar surface area (TPSA) is 75.3 Å². The highest BCUT2D eigenvalue weighted by Gasteiger charge is 2.21. The van der Waals surface area contributed by atoms with Crippen molar-refractivity contribution >= 4 is 21.6 Å². The van der Waals surface area contributed by atoms with Gasteiger partial charge < -0.3 is 5.32 Å². The first-order chi connectivity index (χ1) is 15.0. The zero-order valence-electron chi connectivity index (χ0n) is 19.4. The quantitative estimate of drug-likeness (QED) is 0.519. The standard InChI is InChI=1S/C26H30N2O3S/c1-16-7-11-23(19(4)13-16)21(6)27-26(29)22-10-9-18(3)25(15-22)32(30,31)28-24-12-8-17(2)14-20(24)5/h7-15,21,28H,1-6H3,(H,27,29). The Bertz CT molecular complexity index is 1280. The summed E-state index contributed by atoms with van der Waals surface area (Å²) >= 11 is 0. The fraction of sp³-hybridized carbons (Fsp3) is 0.269. The maximum Gasteiger partial charge on any atom is 0.262 e. The van der Waals surface area contributed by atoms with Gasteiger partial charge in [0.1, 0.15) is 0 Å². The van der Waals surface area contributed by atoms with Crippen molar-refractivity contribution in [1.82, 2.24) is 5.32 Å². The molecule has 0 aliphatic heterocycles. The highest BCUT2D eigenvalue weighted by molar-refractivity contribution is 7.92. The third-order valence-electron chi connectivity index (χ3n) is 5.61. The molecular formula is C26H30N2O3S. The maximum absolute atomic E-state index is 13.1. The molecular weight excluding hydrogens is 420 g/mol. The zero-order chi connectivity index (χ0) is 23.6. The Kier molecular flexibility index (Phi) is 6.74. The van der Waals surface area contributed by atoms with Crippen LogP contribution >= 0.6 is 0 Å². The molecule has 1 unspecified atom stereocenters. The first-order valence-corrected chi connectivity index (χ1v) is 12.0. The first kappa shape index (κ1) is 23.5. The number of anilines is 1. The number of amides is 1. The van der Waals surface area contributed by atoms with E-state index in [1.54, 1.807) is 25.1 Å². The summed E-state index contributed by atoms with van der Waals surface area (Å²) in [6, 6.07) is 16.2. The smallest absolute Gasteiger partial charge is 0.262 e. The van der Waals surface area contributed by atoms with E-state index in [9.17, 15) is 13.2 Å². The van der Waals surface area contributed by atoms with Gasteiger partial charge in [-0.15, -0.1) is 0 Å². The second kappa shape index (κ2) is 9.17. The highest BCUT2D eigenvalue weighted by Crippen LogP contribution is 2.24. The van der Waals surface area contributed by atoms with Gasteiger partial charge in [-0.25, -0.2) is 8.42 Å². The molecule has 0 bridgehead atoms. The minimum absolute atomic E-state index is 0.0873. The monoisotopic (exact) mass is 450 g/mol. The van der Waals surface area contributed by atoms with Gasteiger partial charge in [-0.3, -0.25) is 9.52 Å². The normalized spacial score (nSPS) is 12.3. The van der Waals surface area contributed by atoms with Gasteiger partial charge in [-0.05, 0) is 82.0 Å². The third kappa shape index (κ3) is 5.19. The van der Waals surface area contributed by atoms with Crippen LogP contribution in [0.3, 0.4) is 0 Å². The van der Waals surface area contributed by atoms with Crippen molar-refractivity contribution in [1.29, 1.82) is 0 Å². The molecule has 32 heavy (non-hydrogen) atoms. The molecule has 168 valence electrons. The van der Waals surface area contributed by atoms with Crippen LogP contribution in [-0.4, -0.2) is 14.3 Å². The Labute approximate surface area is 190 Å². The van der Waals surface area contributed by atoms with Crippen LogP contribution in [0.1, 0.15) is 56.7 Å². The SMILES string of the molecule is Cc1ccc(NS(=O)(=O)c2cc(C(=O)NC(C)c3ccc(C)cc3C)ccc2C)c(C)c1. The van der Waals surface area contributed by atoms with Crippen molar-refractivity contribution < 1.29 is 13.2 Å². The molecule has 2 N–H and O–H groups in total. The third-order valence-corrected chi connectivity index (χ3v) is 7.11. The van der Waals surface area contributed by atoms with Crippen molar-refractivity contribution in [2.45, 2.75) is 52.5 Å². The van der Waals surface area contributed by atoms with E-state index < -0.39 is 10.0 Å². The average Bonchev–Trinajstić information content (AvgIpc) is 2.70. The molecule has 3 aromatic rings. The molecule has 0 aliphatic carbocycles. The molecule has 1 amide bonds. The highest BCUT2D eigenvalue weighted by atomic mass is 32.2. The number of hydrogen-bond donors (Lipinski definition) is 2. The van der Waals surface area contributed by atoms with Crippen molar-refractivity contribution in [2.75, 3.05) is 4.72 Å². The van der Waals surface area contributed by atoms with E-state index >= 15 is 0 Å². The molecule has 0 saturated heterocycles. The summed E-state index contributed by atoms with van der Waals surface area (Å²) in [6.07, 6.45) is 0. The number of rotatable bonds is 6. The molecule has 6 heteroatoms. The molecule has 1 atom stereocenters. The number of nitrogens with one attached hydrogen (secondary N) is 2. The van der Waals surface area contributed by atoms with E-state index in [-0.39, 0.29) is 16.8 Å². The number of benzene rings is 3. The Morgan fingerprint density at radius 3 is 2.03 bits per heavy atom. The van der Waals surface area contributed by atoms with Crippen molar-refractivity contribution in [3.05, 3.63) is 93.5 Å². The lowest BCUT2D eigenvalue weighted by Crippen LogP contribution is -2.27. The molecule has 0 radical (unpaired) electrons. The van der Waals surface area contributed by atoms with Crippen LogP contribution in [-0.2, 0) is 10.0 Å². The van der Waals surface area contributed by atoms with Crippen LogP contribution in [0.15, 0.2) is 59.5 Å². The number of hydrogen-bond acceptors (Lipinski definition) is 3. The summed E-state index contributed by atoms with van der Waals surface area (Å²) in [6.45, 7) is 11.5. The van der Waals surface area contributed by atoms with Crippen LogP contribution in [0, 0.1) is 34.6 Å². The lowest BCUT2D eigenvalue weighted by molar-refractivity contribution is 0.0939. The van der Waals surface area contributed by atoms with E-state index in [4.69, 9.17) is 0 Å². The fourth-order valence-electron chi connectivity index (χ4n) is 3.83. The molecule has 5 nitrogen and oxygen atoms in total. The van der Waals surface area contributed by atoms with Gasteiger partial charge in [-0.2, -0.15) is 0 Å². The summed E-state index contributed by atoms with van der Waals surface area (Å²) in [5.41, 5.74) is 6.57. The Hall–Kier alpha value is -3.12. The van der Waals surface area contributed by atoms with Crippen molar-refractivity contribution in [2.24, 2.45) is 0 Å². The Morgan fingerprint density at radius 1 is 0.781 bits per heavy atom. The van der Waals surface area contributed by atoms with E-state index in [1.807, 2.05) is 58.9 Å². The van der Waals surface area contributed by atoms with E-state index in [2.05, 4.69) is 16.1 Å². The number of carbonyl (C=O) groups is 1. The summed E-state index contributed by atoms with van der Waals surface area (Å²) in [7, 11) is -3.86. The molecule has 0 heterocycles. The van der Waals surface area contributed by atoms with Gasteiger partial charge in [0.25, 0.3) is 15.9 Å². The number of aryl methyl sites for hydroxylation is 5. The number of sulfonamides is 1. The lowest BCUT2D eigenvalue weighted by atomic mass is 10.00. The fourth-order valence-corrected chi connectivity index (χ4v) is 5.23. The van der Waals surface area contributed by atoms with Gasteiger partial charge in [0.05, 0.1) is 16.6 Å². The molecule has 3 aromatic carbocycles. The van der Waals surface area contributed by atoms with Gasteiger partial charge in [0, 0.05) is 5.56 Å². The molecule has 0 fully saturated rings. The molecule has 0 aliphatic rings. The summed E-state index contributed by atoms with van der Waals surface area (Å²) in [4.78, 5) is 13.0. The van der Waals surface area contributed by atoms with Crippen LogP contribution < -0.4 is 10.0 Å². The van der Waals surface area contributed by atoms with Crippen LogP contribution in [0.25, 0.3) is 0 Å². The van der Waals surface area contributed by atoms with Gasteiger partial charge in [0.2, 0.25) is 0 Å². The van der Waals surface area contributed by atoms with Gasteiger partial charge in [-0.1, -0.05) is 47.5 Å². The van der Waals surface area contributed by atoms with E-state index in [0.717, 1.165) is 27.8 Å². The Morgan fingerprint density at radius 2 is 1.41 bits per heavy atom. The summed E-state index contributed by atoms with van der Waals surface area (Å²) in [5, 5.41) is 2.98. The van der Waals surface area contributed by atoms with Crippen molar-refractivity contribution in [3.63, 3.8) is 0 Å². The maximum atomic E-state index is 13.1. The molecule has 0 spiro atoms. The number of carbonyl (C=O) groups excluding carboxylic acids is 1. The Balaban J connectivity index is 1.86. The second-order valence-corrected chi connectivity index (χ2v) is 10.1. The predicted octanol–water partition coefficient (Wildman–Crippen LogP) is 5.52. The molecule has 0 aromatic heterocycles. The van der Waals surface area contributed by atoms with Crippen LogP contribution in [0.4, 0.5) is 5.69 Å². The largest absolute Gasteiger partial charge is 0.346 e. The zero-order valence-corrected chi connectivity index (χ0v) is 20.2. The van der Waals surface area contributed by atoms with Crippen LogP contribution in [0.5, 0.6) is 0 Å².